The lowest BCUT2D eigenvalue weighted by Gasteiger charge is -2.27. The van der Waals surface area contributed by atoms with Gasteiger partial charge in [0, 0.05) is 12.1 Å². The molecule has 0 aliphatic heterocycles. The fourth-order valence-electron chi connectivity index (χ4n) is 2.37. The van der Waals surface area contributed by atoms with Gasteiger partial charge in [-0.3, -0.25) is 0 Å². The largest absolute Gasteiger partial charge is 0.419 e. The van der Waals surface area contributed by atoms with Crippen molar-refractivity contribution in [2.24, 2.45) is 5.73 Å². The van der Waals surface area contributed by atoms with E-state index in [1.165, 1.54) is 11.1 Å². The van der Waals surface area contributed by atoms with Gasteiger partial charge in [0.1, 0.15) is 0 Å². The number of nitrogens with two attached hydrogens (primary N) is 1. The Morgan fingerprint density at radius 2 is 2.04 bits per heavy atom. The number of nitrogens with zero attached hydrogens (tertiary/aromatic N) is 4. The maximum atomic E-state index is 11.4. The molecular weight excluding hydrogens is 378 g/mol. The van der Waals surface area contributed by atoms with Gasteiger partial charge in [-0.1, -0.05) is 29.8 Å². The van der Waals surface area contributed by atoms with E-state index in [9.17, 15) is 4.79 Å². The highest BCUT2D eigenvalue weighted by Gasteiger charge is 2.30. The van der Waals surface area contributed by atoms with Gasteiger partial charge in [-0.05, 0) is 16.8 Å². The van der Waals surface area contributed by atoms with Crippen LogP contribution >= 0.6 is 11.6 Å². The molecule has 2 rings (SSSR count). The molecule has 27 heavy (non-hydrogen) atoms. The van der Waals surface area contributed by atoms with E-state index >= 15 is 0 Å². The Kier molecular flexibility index (Phi) is 8.92. The summed E-state index contributed by atoms with van der Waals surface area (Å²) in [6.45, 7) is 1.58. The summed E-state index contributed by atoms with van der Waals surface area (Å²) in [5.41, 5.74) is 5.92. The molecular formula is C16H22ClN5O5. The fourth-order valence-corrected chi connectivity index (χ4v) is 2.65. The average Bonchev–Trinajstić information content (AvgIpc) is 3.15. The SMILES string of the molecule is COCCOCCOC(OC(N)=O)[C@@H](Cn1ncnn1)c1ccccc1Cl. The number of methoxy groups -OCH3 is 1. The molecule has 1 aromatic heterocycles. The summed E-state index contributed by atoms with van der Waals surface area (Å²) in [6.07, 6.45) is -0.679. The van der Waals surface area contributed by atoms with Crippen LogP contribution in [0.2, 0.25) is 5.02 Å². The standard InChI is InChI=1S/C16H22ClN5O5/c1-24-6-7-25-8-9-26-15(27-16(18)23)13(10-22-20-11-19-21-22)12-4-2-3-5-14(12)17/h2-5,11,13,15H,6-10H2,1H3,(H2,18,23)/t13-,15?/m0/s1. The molecule has 0 radical (unpaired) electrons. The zero-order valence-corrected chi connectivity index (χ0v) is 15.6. The van der Waals surface area contributed by atoms with Gasteiger partial charge in [-0.15, -0.1) is 10.2 Å². The Morgan fingerprint density at radius 3 is 2.70 bits per heavy atom. The number of halogens is 1. The van der Waals surface area contributed by atoms with E-state index in [1.807, 2.05) is 6.07 Å². The van der Waals surface area contributed by atoms with Crippen molar-refractivity contribution in [2.45, 2.75) is 18.8 Å². The first-order valence-electron chi connectivity index (χ1n) is 8.21. The Morgan fingerprint density at radius 1 is 1.26 bits per heavy atom. The van der Waals surface area contributed by atoms with E-state index in [4.69, 9.17) is 36.3 Å². The highest BCUT2D eigenvalue weighted by Crippen LogP contribution is 2.30. The molecule has 2 aromatic rings. The second kappa shape index (κ2) is 11.4. The van der Waals surface area contributed by atoms with Crippen LogP contribution in [0.15, 0.2) is 30.6 Å². The van der Waals surface area contributed by atoms with E-state index in [2.05, 4.69) is 15.4 Å². The van der Waals surface area contributed by atoms with Crippen molar-refractivity contribution in [3.05, 3.63) is 41.2 Å². The maximum Gasteiger partial charge on any atom is 0.406 e. The molecule has 0 saturated heterocycles. The predicted octanol–water partition coefficient (Wildman–Crippen LogP) is 1.21. The number of carbonyl (C=O) groups excluding carboxylic acids is 1. The Hall–Kier alpha value is -2.27. The van der Waals surface area contributed by atoms with Gasteiger partial charge in [0.25, 0.3) is 0 Å². The first kappa shape index (κ1) is 21.0. The minimum absolute atomic E-state index is 0.174. The van der Waals surface area contributed by atoms with Crippen LogP contribution in [0.25, 0.3) is 0 Å². The highest BCUT2D eigenvalue weighted by molar-refractivity contribution is 6.31. The van der Waals surface area contributed by atoms with Crippen LogP contribution in [0.1, 0.15) is 11.5 Å². The third-order valence-corrected chi connectivity index (χ3v) is 3.90. The number of ether oxygens (including phenoxy) is 4. The van der Waals surface area contributed by atoms with E-state index in [1.54, 1.807) is 25.3 Å². The summed E-state index contributed by atoms with van der Waals surface area (Å²) in [6, 6.07) is 7.15. The molecule has 1 aromatic carbocycles. The van der Waals surface area contributed by atoms with Gasteiger partial charge in [-0.25, -0.2) is 4.79 Å². The van der Waals surface area contributed by atoms with Crippen molar-refractivity contribution in [3.8, 4) is 0 Å². The van der Waals surface area contributed by atoms with Crippen LogP contribution in [0.3, 0.4) is 0 Å². The van der Waals surface area contributed by atoms with Crippen molar-refractivity contribution in [1.82, 2.24) is 20.2 Å². The van der Waals surface area contributed by atoms with E-state index in [0.717, 1.165) is 0 Å². The third-order valence-electron chi connectivity index (χ3n) is 3.56. The third kappa shape index (κ3) is 7.10. The quantitative estimate of drug-likeness (QED) is 0.417. The molecule has 2 atom stereocenters. The summed E-state index contributed by atoms with van der Waals surface area (Å²) in [7, 11) is 1.59. The molecule has 11 heteroatoms. The minimum atomic E-state index is -1.01. The number of primary amides is 1. The summed E-state index contributed by atoms with van der Waals surface area (Å²) >= 11 is 6.33. The zero-order valence-electron chi connectivity index (χ0n) is 14.9. The van der Waals surface area contributed by atoms with Gasteiger partial charge in [-0.2, -0.15) is 4.80 Å². The molecule has 0 fully saturated rings. The second-order valence-corrected chi connectivity index (χ2v) is 5.81. The molecule has 2 N–H and O–H groups in total. The lowest BCUT2D eigenvalue weighted by Crippen LogP contribution is -2.34. The molecule has 0 aliphatic carbocycles. The Bertz CT molecular complexity index is 688. The average molecular weight is 400 g/mol. The van der Waals surface area contributed by atoms with Crippen LogP contribution in [0.4, 0.5) is 4.79 Å². The number of benzene rings is 1. The van der Waals surface area contributed by atoms with Crippen molar-refractivity contribution in [3.63, 3.8) is 0 Å². The monoisotopic (exact) mass is 399 g/mol. The maximum absolute atomic E-state index is 11.4. The zero-order chi connectivity index (χ0) is 19.5. The van der Waals surface area contributed by atoms with E-state index in [-0.39, 0.29) is 13.2 Å². The Labute approximate surface area is 161 Å². The van der Waals surface area contributed by atoms with Crippen molar-refractivity contribution < 1.29 is 23.7 Å². The summed E-state index contributed by atoms with van der Waals surface area (Å²) in [5.74, 6) is -0.514. The fraction of sp³-hybridized carbons (Fsp3) is 0.500. The lowest BCUT2D eigenvalue weighted by atomic mass is 9.98. The highest BCUT2D eigenvalue weighted by atomic mass is 35.5. The molecule has 10 nitrogen and oxygen atoms in total. The first-order chi connectivity index (χ1) is 13.1. The number of aromatic nitrogens is 4. The van der Waals surface area contributed by atoms with Crippen LogP contribution in [0.5, 0.6) is 0 Å². The topological polar surface area (TPSA) is 124 Å². The molecule has 1 heterocycles. The predicted molar refractivity (Wildman–Crippen MR) is 95.1 cm³/mol. The van der Waals surface area contributed by atoms with Gasteiger partial charge < -0.3 is 24.7 Å². The molecule has 1 amide bonds. The van der Waals surface area contributed by atoms with Crippen molar-refractivity contribution in [2.75, 3.05) is 33.5 Å². The normalized spacial score (nSPS) is 13.3. The van der Waals surface area contributed by atoms with Crippen LogP contribution in [-0.2, 0) is 25.5 Å². The molecule has 148 valence electrons. The first-order valence-corrected chi connectivity index (χ1v) is 8.59. The van der Waals surface area contributed by atoms with E-state index in [0.29, 0.717) is 30.4 Å². The molecule has 1 unspecified atom stereocenters. The van der Waals surface area contributed by atoms with Crippen molar-refractivity contribution >= 4 is 17.7 Å². The Balaban J connectivity index is 2.13. The summed E-state index contributed by atoms with van der Waals surface area (Å²) in [5, 5.41) is 12.0. The second-order valence-electron chi connectivity index (χ2n) is 5.40. The van der Waals surface area contributed by atoms with E-state index < -0.39 is 18.3 Å². The molecule has 0 bridgehead atoms. The van der Waals surface area contributed by atoms with Gasteiger partial charge in [0.15, 0.2) is 6.33 Å². The van der Waals surface area contributed by atoms with Gasteiger partial charge in [0.05, 0.1) is 38.9 Å². The van der Waals surface area contributed by atoms with Gasteiger partial charge in [0.2, 0.25) is 6.29 Å². The molecule has 0 saturated carbocycles. The lowest BCUT2D eigenvalue weighted by molar-refractivity contribution is -0.131. The van der Waals surface area contributed by atoms with Gasteiger partial charge >= 0.3 is 6.09 Å². The number of hydrogen-bond acceptors (Lipinski definition) is 8. The molecule has 0 spiro atoms. The minimum Gasteiger partial charge on any atom is -0.419 e. The number of amides is 1. The van der Waals surface area contributed by atoms with Crippen LogP contribution < -0.4 is 5.73 Å². The van der Waals surface area contributed by atoms with Crippen LogP contribution in [0, 0.1) is 0 Å². The number of carbonyl (C=O) groups is 1. The smallest absolute Gasteiger partial charge is 0.406 e. The summed E-state index contributed by atoms with van der Waals surface area (Å²) < 4.78 is 21.2. The molecule has 0 aliphatic rings. The summed E-state index contributed by atoms with van der Waals surface area (Å²) in [4.78, 5) is 12.7. The number of hydrogen-bond donors (Lipinski definition) is 1. The number of rotatable bonds is 12. The van der Waals surface area contributed by atoms with Crippen molar-refractivity contribution in [1.29, 1.82) is 0 Å². The van der Waals surface area contributed by atoms with Crippen LogP contribution in [-0.4, -0.2) is 66.1 Å². The number of tetrazole rings is 1.